The number of halogens is 3. The molecule has 0 spiro atoms. The lowest BCUT2D eigenvalue weighted by Gasteiger charge is -2.39. The Morgan fingerprint density at radius 2 is 1.15 bits per heavy atom. The monoisotopic (exact) mass is 1600 g/mol. The maximum atomic E-state index is 14.4. The van der Waals surface area contributed by atoms with Crippen molar-refractivity contribution in [2.45, 2.75) is 188 Å². The second-order valence-corrected chi connectivity index (χ2v) is 31.8. The second-order valence-electron chi connectivity index (χ2n) is 27.6. The highest BCUT2D eigenvalue weighted by molar-refractivity contribution is 8.30. The first kappa shape index (κ1) is 89.7. The SMILES string of the molecule is CC[C@H](C)[C@@H](CCC(=O)N[C@@H](CC(C)C)C(N)=O)NC(=O)[C@H](Cc1c[nH]cn1)NC(=O)CNC(=O)[C@@H](NC(=O)[C@H](C)NC(=O)[C@H](Cc1c[nH]c2ccccc12)NC(=O)[C@H](CCC(N)=O)NC(=O)CCCCNC(=O)[C@H](CS(=O)(=O)O)NC(=O)c1ccc(S(OC(=O)C(F)(F)F)(c2ccccc2)c2ccccc2)cc1)C(C)C. The van der Waals surface area contributed by atoms with Gasteiger partial charge in [0.2, 0.25) is 65.0 Å². The van der Waals surface area contributed by atoms with E-state index in [-0.39, 0.29) is 90.0 Å². The van der Waals surface area contributed by atoms with Crippen molar-refractivity contribution in [3.05, 3.63) is 145 Å². The lowest BCUT2D eigenvalue weighted by molar-refractivity contribution is -0.188. The first-order valence-corrected chi connectivity index (χ1v) is 39.4. The fourth-order valence-electron chi connectivity index (χ4n) is 11.8. The van der Waals surface area contributed by atoms with Crippen LogP contribution in [-0.2, 0) is 84.7 Å². The summed E-state index contributed by atoms with van der Waals surface area (Å²) in [5.74, 6) is -14.3. The number of H-pyrrole nitrogens is 2. The Morgan fingerprint density at radius 3 is 1.73 bits per heavy atom. The van der Waals surface area contributed by atoms with E-state index in [2.05, 4.69) is 68.1 Å². The molecule has 0 aliphatic heterocycles. The molecule has 0 saturated heterocycles. The van der Waals surface area contributed by atoms with Gasteiger partial charge in [-0.25, -0.2) is 9.78 Å². The van der Waals surface area contributed by atoms with Crippen molar-refractivity contribution in [3.8, 4) is 0 Å². The molecule has 37 heteroatoms. The maximum Gasteiger partial charge on any atom is 0.491 e. The minimum atomic E-state index is -5.41. The molecular formula is C75H98F3N15O17S2. The molecule has 0 fully saturated rings. The Hall–Kier alpha value is -11.2. The molecule has 0 bridgehead atoms. The van der Waals surface area contributed by atoms with Crippen LogP contribution in [0, 0.1) is 17.8 Å². The fourth-order valence-corrected chi connectivity index (χ4v) is 15.5. The van der Waals surface area contributed by atoms with Gasteiger partial charge < -0.3 is 78.8 Å². The summed E-state index contributed by atoms with van der Waals surface area (Å²) in [5.41, 5.74) is 12.4. The first-order chi connectivity index (χ1) is 52.9. The summed E-state index contributed by atoms with van der Waals surface area (Å²) in [6.07, 6.45) is -1.23. The summed E-state index contributed by atoms with van der Waals surface area (Å²) in [6.45, 7) is 11.2. The Morgan fingerprint density at radius 1 is 0.571 bits per heavy atom. The Kier molecular flexibility index (Phi) is 33.8. The number of aromatic amines is 2. The second kappa shape index (κ2) is 42.3. The average molecular weight is 1600 g/mol. The predicted octanol–water partition coefficient (Wildman–Crippen LogP) is 3.76. The Labute approximate surface area is 647 Å². The number of rotatable bonds is 44. The van der Waals surface area contributed by atoms with Crippen molar-refractivity contribution in [3.63, 3.8) is 0 Å². The van der Waals surface area contributed by atoms with Gasteiger partial charge in [0.25, 0.3) is 16.0 Å². The number of primary amides is 2. The lowest BCUT2D eigenvalue weighted by atomic mass is 9.94. The van der Waals surface area contributed by atoms with Gasteiger partial charge in [0.05, 0.1) is 18.6 Å². The molecule has 32 nitrogen and oxygen atoms in total. The van der Waals surface area contributed by atoms with Crippen LogP contribution in [0.2, 0.25) is 0 Å². The smallest absolute Gasteiger partial charge is 0.395 e. The first-order valence-electron chi connectivity index (χ1n) is 36.2. The molecular weight excluding hydrogens is 1500 g/mol. The summed E-state index contributed by atoms with van der Waals surface area (Å²) in [6, 6.07) is 16.7. The number of para-hydroxylation sites is 1. The number of nitrogens with zero attached hydrogens (tertiary/aromatic N) is 1. The summed E-state index contributed by atoms with van der Waals surface area (Å²) >= 11 is 0. The number of alkyl halides is 3. The molecule has 4 aromatic carbocycles. The van der Waals surface area contributed by atoms with E-state index in [0.29, 0.717) is 35.0 Å². The van der Waals surface area contributed by atoms with Crippen LogP contribution in [0.4, 0.5) is 13.2 Å². The highest BCUT2D eigenvalue weighted by Crippen LogP contribution is 2.69. The molecule has 12 amide bonds. The number of imidazole rings is 1. The van der Waals surface area contributed by atoms with Crippen LogP contribution in [0.5, 0.6) is 0 Å². The summed E-state index contributed by atoms with van der Waals surface area (Å²) in [5, 5.41) is 26.4. The van der Waals surface area contributed by atoms with Crippen LogP contribution in [0.1, 0.15) is 128 Å². The summed E-state index contributed by atoms with van der Waals surface area (Å²) < 4.78 is 81.3. The number of carbonyl (C=O) groups excluding carboxylic acids is 13. The number of nitrogens with one attached hydrogen (secondary N) is 12. The van der Waals surface area contributed by atoms with E-state index >= 15 is 0 Å². The zero-order chi connectivity index (χ0) is 82.6. The van der Waals surface area contributed by atoms with Crippen LogP contribution >= 0.6 is 10.3 Å². The molecule has 2 heterocycles. The molecule has 9 atom stereocenters. The number of hydrogen-bond acceptors (Lipinski definition) is 17. The van der Waals surface area contributed by atoms with Crippen LogP contribution in [0.15, 0.2) is 143 Å². The van der Waals surface area contributed by atoms with Gasteiger partial charge in [-0.15, -0.1) is 0 Å². The minimum absolute atomic E-state index is 0.00634. The fraction of sp³-hybridized carbons (Fsp3) is 0.440. The molecule has 6 aromatic rings. The van der Waals surface area contributed by atoms with Gasteiger partial charge in [-0.2, -0.15) is 21.6 Å². The highest BCUT2D eigenvalue weighted by Gasteiger charge is 2.47. The Balaban J connectivity index is 1.07. The third-order valence-electron chi connectivity index (χ3n) is 18.0. The number of benzene rings is 4. The van der Waals surface area contributed by atoms with E-state index in [0.717, 1.165) is 12.1 Å². The third-order valence-corrected chi connectivity index (χ3v) is 22.0. The van der Waals surface area contributed by atoms with E-state index in [1.165, 1.54) is 80.1 Å². The van der Waals surface area contributed by atoms with Crippen LogP contribution in [-0.4, -0.2) is 178 Å². The maximum absolute atomic E-state index is 14.4. The highest BCUT2D eigenvalue weighted by atomic mass is 32.3. The standard InChI is InChI=1S/C75H98F3N15O17S2/c1-8-45(6)54(31-33-63(96)88-57(66(80)98)35-43(2)3)90-72(104)59(37-49-39-81-42-85-49)89-64(97)40-84-73(105)65(44(4)5)93-67(99)46(7)86-71(103)58(36-48-38-83-55-24-16-15-23-53(48)55)91-70(102)56(30-32-61(79)94)87-62(95)25-17-18-34-82-69(101)60(41-111(107,108)109)92-68(100)47-26-28-52(29-27-47)112(50-19-11-9-12-20-50,51-21-13-10-14-22-51)110-74(106)75(76,77)78/h9-16,19-24,26-29,38-39,42-46,54,56-60,65,83H,8,17-18,25,30-37,40-41H2,1-7H3,(H2,79,94)(H2,80,98)(H,81,85)(H,82,101)(H,84,105)(H,86,103)(H,87,95)(H,88,96)(H,89,97)(H,90,104)(H,91,102)(H,92,100)(H,93,99)(H,107,108,109)/t45-,46-,54+,56-,57-,58-,59-,60-,65-/m0/s1. The number of carbonyl (C=O) groups is 13. The van der Waals surface area contributed by atoms with Crippen molar-refractivity contribution in [1.82, 2.24) is 68.1 Å². The van der Waals surface area contributed by atoms with Crippen LogP contribution in [0.25, 0.3) is 10.9 Å². The van der Waals surface area contributed by atoms with Gasteiger partial charge in [0.1, 0.15) is 48.0 Å². The normalized spacial score (nSPS) is 14.2. The molecule has 608 valence electrons. The molecule has 0 unspecified atom stereocenters. The van der Waals surface area contributed by atoms with Crippen molar-refractivity contribution >= 4 is 108 Å². The zero-order valence-electron chi connectivity index (χ0n) is 62.9. The number of amides is 12. The van der Waals surface area contributed by atoms with Gasteiger partial charge >= 0.3 is 12.1 Å². The number of nitrogens with two attached hydrogens (primary N) is 2. The molecule has 0 saturated carbocycles. The molecule has 2 aromatic heterocycles. The Bertz CT molecular complexity index is 4330. The number of hydrogen-bond donors (Lipinski definition) is 15. The average Bonchev–Trinajstić information content (AvgIpc) is 0.888. The number of fused-ring (bicyclic) bond motifs is 1. The van der Waals surface area contributed by atoms with E-state index in [4.69, 9.17) is 15.7 Å². The molecule has 112 heavy (non-hydrogen) atoms. The zero-order valence-corrected chi connectivity index (χ0v) is 64.5. The van der Waals surface area contributed by atoms with Gasteiger partial charge in [0, 0.05) is 88.2 Å². The summed E-state index contributed by atoms with van der Waals surface area (Å²) in [4.78, 5) is 185. The molecule has 17 N–H and O–H groups in total. The van der Waals surface area contributed by atoms with Gasteiger partial charge in [-0.3, -0.25) is 62.1 Å². The third kappa shape index (κ3) is 27.7. The molecule has 6 rings (SSSR count). The molecule has 0 aliphatic rings. The van der Waals surface area contributed by atoms with Gasteiger partial charge in [-0.1, -0.05) is 103 Å². The molecule has 0 radical (unpaired) electrons. The van der Waals surface area contributed by atoms with E-state index in [1.807, 2.05) is 27.7 Å². The van der Waals surface area contributed by atoms with Crippen LogP contribution in [0.3, 0.4) is 0 Å². The van der Waals surface area contributed by atoms with Crippen molar-refractivity contribution in [2.75, 3.05) is 18.8 Å². The minimum Gasteiger partial charge on any atom is -0.395 e. The molecule has 0 aliphatic carbocycles. The van der Waals surface area contributed by atoms with Gasteiger partial charge in [-0.05, 0) is 127 Å². The van der Waals surface area contributed by atoms with Crippen molar-refractivity contribution < 1.29 is 92.7 Å². The van der Waals surface area contributed by atoms with E-state index in [9.17, 15) is 88.5 Å². The van der Waals surface area contributed by atoms with Gasteiger partial charge in [0.15, 0.2) is 0 Å². The largest absolute Gasteiger partial charge is 0.491 e. The van der Waals surface area contributed by atoms with Crippen molar-refractivity contribution in [1.29, 1.82) is 0 Å². The van der Waals surface area contributed by atoms with Crippen LogP contribution < -0.4 is 64.6 Å². The number of aromatic nitrogens is 3. The van der Waals surface area contributed by atoms with E-state index in [1.54, 1.807) is 56.4 Å². The summed E-state index contributed by atoms with van der Waals surface area (Å²) in [7, 11) is -8.46. The topological polar surface area (TPSA) is 502 Å². The number of unbranched alkanes of at least 4 members (excludes halogenated alkanes) is 1. The predicted molar refractivity (Wildman–Crippen MR) is 405 cm³/mol. The lowest BCUT2D eigenvalue weighted by Crippen LogP contribution is -2.59. The van der Waals surface area contributed by atoms with Crippen molar-refractivity contribution in [2.24, 2.45) is 29.2 Å². The quantitative estimate of drug-likeness (QED) is 0.0191. The van der Waals surface area contributed by atoms with E-state index < -0.39 is 176 Å².